The van der Waals surface area contributed by atoms with E-state index in [0.29, 0.717) is 26.1 Å². The van der Waals surface area contributed by atoms with Gasteiger partial charge in [0.25, 0.3) is 0 Å². The average molecular weight is 400 g/mol. The topological polar surface area (TPSA) is 96.6 Å². The van der Waals surface area contributed by atoms with Gasteiger partial charge in [0.2, 0.25) is 5.91 Å². The zero-order chi connectivity index (χ0) is 20.1. The number of ether oxygens (including phenoxy) is 1. The van der Waals surface area contributed by atoms with Crippen molar-refractivity contribution in [2.45, 2.75) is 44.1 Å². The summed E-state index contributed by atoms with van der Waals surface area (Å²) in [5, 5.41) is 20.9. The Hall–Kier alpha value is -2.36. The van der Waals surface area contributed by atoms with E-state index in [1.807, 2.05) is 23.1 Å². The predicted molar refractivity (Wildman–Crippen MR) is 105 cm³/mol. The zero-order valence-corrected chi connectivity index (χ0v) is 16.5. The van der Waals surface area contributed by atoms with Crippen LogP contribution in [0.3, 0.4) is 0 Å². The molecule has 2 saturated heterocycles. The highest BCUT2D eigenvalue weighted by molar-refractivity contribution is 5.77. The van der Waals surface area contributed by atoms with E-state index < -0.39 is 0 Å². The number of carbonyl (C=O) groups excluding carboxylic acids is 1. The first-order valence-corrected chi connectivity index (χ1v) is 10.3. The summed E-state index contributed by atoms with van der Waals surface area (Å²) in [4.78, 5) is 17.4. The summed E-state index contributed by atoms with van der Waals surface area (Å²) in [7, 11) is 0. The lowest BCUT2D eigenvalue weighted by molar-refractivity contribution is -0.149. The highest BCUT2D eigenvalue weighted by Gasteiger charge is 2.37. The Morgan fingerprint density at radius 3 is 2.69 bits per heavy atom. The number of aryl methyl sites for hydroxylation is 1. The van der Waals surface area contributed by atoms with Crippen molar-refractivity contribution in [2.75, 3.05) is 32.8 Å². The van der Waals surface area contributed by atoms with Gasteiger partial charge in [-0.05, 0) is 28.8 Å². The molecule has 29 heavy (non-hydrogen) atoms. The van der Waals surface area contributed by atoms with Crippen molar-refractivity contribution < 1.29 is 14.6 Å². The normalized spacial score (nSPS) is 24.0. The minimum absolute atomic E-state index is 0.0803. The Labute approximate surface area is 170 Å². The Bertz CT molecular complexity index is 764. The van der Waals surface area contributed by atoms with Crippen molar-refractivity contribution in [1.82, 2.24) is 30.0 Å². The molecule has 3 heterocycles. The smallest absolute Gasteiger partial charge is 0.225 e. The first-order valence-electron chi connectivity index (χ1n) is 10.3. The molecule has 9 nitrogen and oxygen atoms in total. The van der Waals surface area contributed by atoms with E-state index in [0.717, 1.165) is 38.0 Å². The van der Waals surface area contributed by atoms with E-state index >= 15 is 0 Å². The van der Waals surface area contributed by atoms with E-state index in [4.69, 9.17) is 4.74 Å². The van der Waals surface area contributed by atoms with Crippen LogP contribution in [0.25, 0.3) is 0 Å². The van der Waals surface area contributed by atoms with Crippen LogP contribution in [-0.2, 0) is 16.1 Å². The monoisotopic (exact) mass is 400 g/mol. The van der Waals surface area contributed by atoms with Crippen LogP contribution in [0, 0.1) is 0 Å². The fourth-order valence-electron chi connectivity index (χ4n) is 4.20. The van der Waals surface area contributed by atoms with Crippen molar-refractivity contribution in [3.63, 3.8) is 0 Å². The number of morpholine rings is 1. The average Bonchev–Trinajstić information content (AvgIpc) is 3.28. The Kier molecular flexibility index (Phi) is 6.48. The second kappa shape index (κ2) is 9.43. The molecule has 1 aromatic carbocycles. The third-order valence-corrected chi connectivity index (χ3v) is 5.75. The first-order chi connectivity index (χ1) is 14.2. The van der Waals surface area contributed by atoms with Gasteiger partial charge in [0, 0.05) is 32.6 Å². The number of amides is 1. The van der Waals surface area contributed by atoms with Crippen LogP contribution >= 0.6 is 0 Å². The number of carbonyl (C=O) groups is 1. The molecule has 0 spiro atoms. The van der Waals surface area contributed by atoms with Crippen molar-refractivity contribution >= 4 is 5.91 Å². The molecule has 0 saturated carbocycles. The molecule has 2 fully saturated rings. The first kappa shape index (κ1) is 19.9. The fraction of sp³-hybridized carbons (Fsp3) is 0.600. The minimum atomic E-state index is -0.201. The number of nitrogens with zero attached hydrogens (tertiary/aromatic N) is 6. The number of rotatable bonds is 6. The molecule has 1 amide bonds. The van der Waals surface area contributed by atoms with Gasteiger partial charge in [-0.2, -0.15) is 0 Å². The molecule has 1 aromatic heterocycles. The largest absolute Gasteiger partial charge is 0.393 e. The summed E-state index contributed by atoms with van der Waals surface area (Å²) < 4.78 is 7.75. The number of hydrogen-bond donors (Lipinski definition) is 1. The van der Waals surface area contributed by atoms with Crippen LogP contribution in [0.1, 0.15) is 30.9 Å². The van der Waals surface area contributed by atoms with Crippen LogP contribution in [-0.4, -0.2) is 86.0 Å². The molecule has 0 radical (unpaired) electrons. The number of tetrazole rings is 1. The van der Waals surface area contributed by atoms with Crippen molar-refractivity contribution in [1.29, 1.82) is 0 Å². The van der Waals surface area contributed by atoms with Gasteiger partial charge in [0.05, 0.1) is 31.4 Å². The standard InChI is InChI=1S/C20H28N6O3/c27-17-6-9-24(10-7-17)14-18-20(16-4-2-1-3-5-16)26(12-13-29-18)19(28)8-11-25-15-21-22-23-25/h1-5,15,17-18,20,27H,6-14H2/t18-,20-/m0/s1. The van der Waals surface area contributed by atoms with E-state index in [9.17, 15) is 9.90 Å². The number of benzene rings is 1. The fourth-order valence-corrected chi connectivity index (χ4v) is 4.20. The Balaban J connectivity index is 1.49. The van der Waals surface area contributed by atoms with Crippen molar-refractivity contribution in [3.05, 3.63) is 42.2 Å². The second-order valence-electron chi connectivity index (χ2n) is 7.71. The molecule has 1 N–H and O–H groups in total. The summed E-state index contributed by atoms with van der Waals surface area (Å²) in [5.74, 6) is 0.0803. The molecule has 2 aliphatic rings. The molecule has 2 aliphatic heterocycles. The molecule has 156 valence electrons. The summed E-state index contributed by atoms with van der Waals surface area (Å²) in [6.07, 6.45) is 3.15. The minimum Gasteiger partial charge on any atom is -0.393 e. The molecule has 0 bridgehead atoms. The number of piperidine rings is 1. The maximum atomic E-state index is 13.1. The molecular weight excluding hydrogens is 372 g/mol. The molecule has 0 aliphatic carbocycles. The molecule has 2 aromatic rings. The number of aliphatic hydroxyl groups excluding tert-OH is 1. The number of aromatic nitrogens is 4. The third kappa shape index (κ3) is 4.98. The van der Waals surface area contributed by atoms with Gasteiger partial charge in [0.1, 0.15) is 6.33 Å². The van der Waals surface area contributed by atoms with Gasteiger partial charge in [0.15, 0.2) is 0 Å². The number of hydrogen-bond acceptors (Lipinski definition) is 7. The SMILES string of the molecule is O=C(CCn1cnnn1)N1CCO[C@@H](CN2CCC(O)CC2)[C@@H]1c1ccccc1. The second-order valence-corrected chi connectivity index (χ2v) is 7.71. The summed E-state index contributed by atoms with van der Waals surface area (Å²) in [5.41, 5.74) is 1.09. The van der Waals surface area contributed by atoms with E-state index in [2.05, 4.69) is 32.6 Å². The summed E-state index contributed by atoms with van der Waals surface area (Å²) in [6, 6.07) is 9.99. The lowest BCUT2D eigenvalue weighted by Crippen LogP contribution is -2.53. The number of likely N-dealkylation sites (tertiary alicyclic amines) is 1. The molecule has 9 heteroatoms. The lowest BCUT2D eigenvalue weighted by Gasteiger charge is -2.44. The maximum Gasteiger partial charge on any atom is 0.225 e. The lowest BCUT2D eigenvalue weighted by atomic mass is 9.96. The molecule has 4 rings (SSSR count). The highest BCUT2D eigenvalue weighted by atomic mass is 16.5. The highest BCUT2D eigenvalue weighted by Crippen LogP contribution is 2.31. The van der Waals surface area contributed by atoms with E-state index in [1.54, 1.807) is 4.68 Å². The van der Waals surface area contributed by atoms with Crippen LogP contribution in [0.5, 0.6) is 0 Å². The van der Waals surface area contributed by atoms with E-state index in [-0.39, 0.29) is 24.2 Å². The Morgan fingerprint density at radius 1 is 1.17 bits per heavy atom. The molecule has 2 atom stereocenters. The van der Waals surface area contributed by atoms with Gasteiger partial charge in [-0.25, -0.2) is 4.68 Å². The summed E-state index contributed by atoms with van der Waals surface area (Å²) >= 11 is 0. The van der Waals surface area contributed by atoms with Gasteiger partial charge in [-0.3, -0.25) is 4.79 Å². The van der Waals surface area contributed by atoms with Crippen LogP contribution in [0.15, 0.2) is 36.7 Å². The quantitative estimate of drug-likeness (QED) is 0.754. The Morgan fingerprint density at radius 2 is 1.97 bits per heavy atom. The van der Waals surface area contributed by atoms with Gasteiger partial charge in [-0.1, -0.05) is 30.3 Å². The molecule has 0 unspecified atom stereocenters. The van der Waals surface area contributed by atoms with Gasteiger partial charge in [-0.15, -0.1) is 5.10 Å². The van der Waals surface area contributed by atoms with Crippen molar-refractivity contribution in [2.24, 2.45) is 0 Å². The third-order valence-electron chi connectivity index (χ3n) is 5.75. The van der Waals surface area contributed by atoms with Crippen LogP contribution < -0.4 is 0 Å². The predicted octanol–water partition coefficient (Wildman–Crippen LogP) is 0.489. The number of aliphatic hydroxyl groups is 1. The van der Waals surface area contributed by atoms with Gasteiger partial charge >= 0.3 is 0 Å². The maximum absolute atomic E-state index is 13.1. The van der Waals surface area contributed by atoms with Crippen LogP contribution in [0.4, 0.5) is 0 Å². The van der Waals surface area contributed by atoms with Gasteiger partial charge < -0.3 is 19.6 Å². The summed E-state index contributed by atoms with van der Waals surface area (Å²) in [6.45, 7) is 4.03. The molecular formula is C20H28N6O3. The van der Waals surface area contributed by atoms with Crippen LogP contribution in [0.2, 0.25) is 0 Å². The van der Waals surface area contributed by atoms with Crippen molar-refractivity contribution in [3.8, 4) is 0 Å². The zero-order valence-electron chi connectivity index (χ0n) is 16.5. The van der Waals surface area contributed by atoms with E-state index in [1.165, 1.54) is 6.33 Å².